The average molecular weight is 331 g/mol. The van der Waals surface area contributed by atoms with Crippen molar-refractivity contribution in [1.82, 2.24) is 4.98 Å². The first kappa shape index (κ1) is 14.7. The Morgan fingerprint density at radius 1 is 1.04 bits per heavy atom. The number of thiazole rings is 1. The van der Waals surface area contributed by atoms with Gasteiger partial charge in [-0.2, -0.15) is 0 Å². The number of hydrogen-bond acceptors (Lipinski definition) is 3. The van der Waals surface area contributed by atoms with Gasteiger partial charge >= 0.3 is 0 Å². The molecule has 1 aromatic rings. The first-order valence-electron chi connectivity index (χ1n) is 9.78. The summed E-state index contributed by atoms with van der Waals surface area (Å²) < 4.78 is 0. The van der Waals surface area contributed by atoms with Gasteiger partial charge in [0, 0.05) is 10.3 Å². The number of anilines is 1. The standard InChI is InChI=1S/C20H30N2S/c1-19-9-4-3-5-12(19)6-7-13-14(19)8-10-20(2)15(13)11-16-17(20)22-18(21)23-16/h12-15H,3-11H2,1-2H3,(H2,21,22)/t12-,13-,14+,15-,19+,20+/m0/s1. The van der Waals surface area contributed by atoms with Crippen molar-refractivity contribution in [1.29, 1.82) is 0 Å². The minimum atomic E-state index is 0.322. The van der Waals surface area contributed by atoms with Crippen molar-refractivity contribution >= 4 is 16.5 Å². The molecule has 6 atom stereocenters. The Hall–Kier alpha value is -0.570. The fourth-order valence-electron chi connectivity index (χ4n) is 7.44. The molecule has 0 bridgehead atoms. The normalized spacial score (nSPS) is 48.3. The molecular formula is C20H30N2S. The maximum atomic E-state index is 6.02. The Labute approximate surface area is 144 Å². The van der Waals surface area contributed by atoms with Crippen LogP contribution in [0.3, 0.4) is 0 Å². The molecule has 4 aliphatic rings. The third-order valence-electron chi connectivity index (χ3n) is 8.63. The van der Waals surface area contributed by atoms with Crippen LogP contribution >= 0.6 is 11.3 Å². The highest BCUT2D eigenvalue weighted by atomic mass is 32.1. The van der Waals surface area contributed by atoms with Crippen molar-refractivity contribution in [2.45, 2.75) is 77.0 Å². The molecule has 23 heavy (non-hydrogen) atoms. The molecular weight excluding hydrogens is 300 g/mol. The van der Waals surface area contributed by atoms with Crippen molar-refractivity contribution in [3.8, 4) is 0 Å². The van der Waals surface area contributed by atoms with Gasteiger partial charge in [0.1, 0.15) is 0 Å². The fourth-order valence-corrected chi connectivity index (χ4v) is 8.47. The molecule has 0 unspecified atom stereocenters. The molecule has 3 saturated carbocycles. The zero-order valence-electron chi connectivity index (χ0n) is 14.6. The number of rotatable bonds is 0. The zero-order valence-corrected chi connectivity index (χ0v) is 15.4. The van der Waals surface area contributed by atoms with E-state index in [-0.39, 0.29) is 0 Å². The van der Waals surface area contributed by atoms with Gasteiger partial charge in [0.25, 0.3) is 0 Å². The lowest BCUT2D eigenvalue weighted by Crippen LogP contribution is -2.53. The highest BCUT2D eigenvalue weighted by Gasteiger charge is 2.59. The summed E-state index contributed by atoms with van der Waals surface area (Å²) in [6.07, 6.45) is 13.0. The minimum absolute atomic E-state index is 0.322. The molecule has 0 aromatic carbocycles. The van der Waals surface area contributed by atoms with Gasteiger partial charge in [-0.05, 0) is 74.0 Å². The molecule has 0 spiro atoms. The van der Waals surface area contributed by atoms with E-state index in [4.69, 9.17) is 10.7 Å². The molecule has 0 amide bonds. The van der Waals surface area contributed by atoms with Crippen LogP contribution in [-0.2, 0) is 11.8 Å². The van der Waals surface area contributed by atoms with E-state index in [9.17, 15) is 0 Å². The Bertz CT molecular complexity index is 638. The van der Waals surface area contributed by atoms with Crippen molar-refractivity contribution in [3.63, 3.8) is 0 Å². The highest BCUT2D eigenvalue weighted by Crippen LogP contribution is 2.65. The van der Waals surface area contributed by atoms with Crippen molar-refractivity contribution < 1.29 is 0 Å². The van der Waals surface area contributed by atoms with E-state index in [0.29, 0.717) is 10.8 Å². The predicted molar refractivity (Wildman–Crippen MR) is 96.6 cm³/mol. The largest absolute Gasteiger partial charge is 0.375 e. The molecule has 1 aromatic heterocycles. The van der Waals surface area contributed by atoms with E-state index >= 15 is 0 Å². The van der Waals surface area contributed by atoms with Gasteiger partial charge in [0.2, 0.25) is 0 Å². The number of nitrogens with zero attached hydrogens (tertiary/aromatic N) is 1. The Morgan fingerprint density at radius 3 is 2.78 bits per heavy atom. The van der Waals surface area contributed by atoms with E-state index in [0.717, 1.165) is 28.8 Å². The van der Waals surface area contributed by atoms with Crippen LogP contribution in [0, 0.1) is 29.1 Å². The van der Waals surface area contributed by atoms with Gasteiger partial charge in [-0.25, -0.2) is 4.98 Å². The molecule has 5 rings (SSSR count). The van der Waals surface area contributed by atoms with E-state index in [2.05, 4.69) is 13.8 Å². The van der Waals surface area contributed by atoms with E-state index in [1.165, 1.54) is 68.4 Å². The van der Waals surface area contributed by atoms with Crippen LogP contribution in [0.15, 0.2) is 0 Å². The van der Waals surface area contributed by atoms with Crippen LogP contribution in [-0.4, -0.2) is 4.98 Å². The molecule has 126 valence electrons. The Kier molecular flexibility index (Phi) is 3.04. The summed E-state index contributed by atoms with van der Waals surface area (Å²) in [4.78, 5) is 6.30. The lowest BCUT2D eigenvalue weighted by Gasteiger charge is -2.59. The number of nitrogens with two attached hydrogens (primary N) is 1. The van der Waals surface area contributed by atoms with Gasteiger partial charge in [-0.3, -0.25) is 0 Å². The van der Waals surface area contributed by atoms with Gasteiger partial charge in [0.15, 0.2) is 5.13 Å². The molecule has 1 heterocycles. The summed E-state index contributed by atoms with van der Waals surface area (Å²) in [7, 11) is 0. The van der Waals surface area contributed by atoms with Crippen molar-refractivity contribution in [2.24, 2.45) is 29.1 Å². The minimum Gasteiger partial charge on any atom is -0.375 e. The van der Waals surface area contributed by atoms with Crippen LogP contribution in [0.4, 0.5) is 5.13 Å². The summed E-state index contributed by atoms with van der Waals surface area (Å²) in [6.45, 7) is 5.17. The van der Waals surface area contributed by atoms with Gasteiger partial charge < -0.3 is 5.73 Å². The Morgan fingerprint density at radius 2 is 1.91 bits per heavy atom. The van der Waals surface area contributed by atoms with Crippen LogP contribution in [0.2, 0.25) is 0 Å². The smallest absolute Gasteiger partial charge is 0.180 e. The number of aromatic nitrogens is 1. The third-order valence-corrected chi connectivity index (χ3v) is 9.54. The van der Waals surface area contributed by atoms with Gasteiger partial charge in [0.05, 0.1) is 5.69 Å². The number of fused-ring (bicyclic) bond motifs is 7. The SMILES string of the molecule is C[C@@]12CCCC[C@H]1CC[C@H]1[C@H]2CC[C@@]2(C)c3nc(N)sc3C[C@@H]12. The summed E-state index contributed by atoms with van der Waals surface area (Å²) in [5.74, 6) is 3.78. The number of nitrogen functional groups attached to an aromatic ring is 1. The van der Waals surface area contributed by atoms with Crippen molar-refractivity contribution in [2.75, 3.05) is 5.73 Å². The second kappa shape index (κ2) is 4.74. The molecule has 0 radical (unpaired) electrons. The van der Waals surface area contributed by atoms with E-state index in [1.807, 2.05) is 0 Å². The second-order valence-electron chi connectivity index (χ2n) is 9.39. The summed E-state index contributed by atoms with van der Waals surface area (Å²) in [6, 6.07) is 0. The van der Waals surface area contributed by atoms with Crippen LogP contribution in [0.1, 0.15) is 75.8 Å². The quantitative estimate of drug-likeness (QED) is 0.712. The fraction of sp³-hybridized carbons (Fsp3) is 0.850. The molecule has 2 N–H and O–H groups in total. The predicted octanol–water partition coefficient (Wildman–Crippen LogP) is 5.17. The van der Waals surface area contributed by atoms with Crippen molar-refractivity contribution in [3.05, 3.63) is 10.6 Å². The van der Waals surface area contributed by atoms with E-state index < -0.39 is 0 Å². The molecule has 3 heteroatoms. The lowest BCUT2D eigenvalue weighted by atomic mass is 9.45. The molecule has 2 nitrogen and oxygen atoms in total. The Balaban J connectivity index is 1.51. The topological polar surface area (TPSA) is 38.9 Å². The lowest BCUT2D eigenvalue weighted by molar-refractivity contribution is -0.0907. The maximum absolute atomic E-state index is 6.02. The molecule has 3 fully saturated rings. The zero-order chi connectivity index (χ0) is 15.8. The summed E-state index contributed by atoms with van der Waals surface area (Å²) in [5.41, 5.74) is 8.37. The second-order valence-corrected chi connectivity index (χ2v) is 10.5. The first-order valence-corrected chi connectivity index (χ1v) is 10.6. The number of hydrogen-bond donors (Lipinski definition) is 1. The highest BCUT2D eigenvalue weighted by molar-refractivity contribution is 7.15. The molecule has 0 saturated heterocycles. The molecule has 4 aliphatic carbocycles. The maximum Gasteiger partial charge on any atom is 0.180 e. The monoisotopic (exact) mass is 330 g/mol. The van der Waals surface area contributed by atoms with Gasteiger partial charge in [-0.15, -0.1) is 11.3 Å². The van der Waals surface area contributed by atoms with Crippen LogP contribution < -0.4 is 5.73 Å². The summed E-state index contributed by atoms with van der Waals surface area (Å²) in [5, 5.41) is 0.791. The van der Waals surface area contributed by atoms with Crippen LogP contribution in [0.5, 0.6) is 0 Å². The average Bonchev–Trinajstić information content (AvgIpc) is 3.02. The molecule has 0 aliphatic heterocycles. The van der Waals surface area contributed by atoms with Crippen LogP contribution in [0.25, 0.3) is 0 Å². The van der Waals surface area contributed by atoms with Gasteiger partial charge in [-0.1, -0.05) is 26.7 Å². The van der Waals surface area contributed by atoms with E-state index in [1.54, 1.807) is 11.3 Å². The summed E-state index contributed by atoms with van der Waals surface area (Å²) >= 11 is 1.77. The first-order chi connectivity index (χ1) is 11.0. The third kappa shape index (κ3) is 1.83.